The van der Waals surface area contributed by atoms with Crippen molar-refractivity contribution in [3.05, 3.63) is 75.1 Å². The quantitative estimate of drug-likeness (QED) is 0.667. The molecule has 0 atom stereocenters. The van der Waals surface area contributed by atoms with Gasteiger partial charge in [0, 0.05) is 30.0 Å². The number of hydrogen-bond donors (Lipinski definition) is 1. The van der Waals surface area contributed by atoms with E-state index in [1.54, 1.807) is 37.4 Å². The second kappa shape index (κ2) is 8.40. The molecule has 1 heterocycles. The number of nitriles is 1. The fraction of sp³-hybridized carbons (Fsp3) is 0.227. The number of methoxy groups -OCH3 is 1. The first-order valence-electron chi connectivity index (χ1n) is 8.88. The summed E-state index contributed by atoms with van der Waals surface area (Å²) in [7, 11) is 1.55. The molecule has 0 saturated heterocycles. The molecule has 28 heavy (non-hydrogen) atoms. The Morgan fingerprint density at radius 1 is 1.25 bits per heavy atom. The molecule has 0 spiro atoms. The van der Waals surface area contributed by atoms with E-state index in [1.807, 2.05) is 19.1 Å². The number of hydrogen-bond acceptors (Lipinski definition) is 5. The highest BCUT2D eigenvalue weighted by Crippen LogP contribution is 2.24. The van der Waals surface area contributed by atoms with Crippen LogP contribution in [0, 0.1) is 18.3 Å². The molecule has 3 aromatic rings. The minimum Gasteiger partial charge on any atom is -0.497 e. The molecule has 0 unspecified atom stereocenters. The zero-order valence-electron chi connectivity index (χ0n) is 15.7. The Labute approximate surface area is 162 Å². The number of carbonyl (C=O) groups is 1. The summed E-state index contributed by atoms with van der Waals surface area (Å²) in [5, 5.41) is 12.6. The van der Waals surface area contributed by atoms with Gasteiger partial charge in [-0.2, -0.15) is 5.26 Å². The summed E-state index contributed by atoms with van der Waals surface area (Å²) in [6.07, 6.45) is 0.464. The van der Waals surface area contributed by atoms with Gasteiger partial charge in [-0.15, -0.1) is 0 Å². The normalized spacial score (nSPS) is 10.5. The zero-order chi connectivity index (χ0) is 20.1. The van der Waals surface area contributed by atoms with E-state index in [9.17, 15) is 9.59 Å². The van der Waals surface area contributed by atoms with Crippen molar-refractivity contribution in [1.82, 2.24) is 5.32 Å². The molecule has 0 bridgehead atoms. The van der Waals surface area contributed by atoms with Gasteiger partial charge < -0.3 is 14.5 Å². The van der Waals surface area contributed by atoms with Gasteiger partial charge in [-0.05, 0) is 48.7 Å². The minimum atomic E-state index is -0.437. The maximum atomic E-state index is 12.3. The van der Waals surface area contributed by atoms with Crippen molar-refractivity contribution in [2.45, 2.75) is 26.3 Å². The monoisotopic (exact) mass is 376 g/mol. The molecule has 6 nitrogen and oxygen atoms in total. The van der Waals surface area contributed by atoms with E-state index in [0.717, 1.165) is 16.5 Å². The van der Waals surface area contributed by atoms with E-state index in [4.69, 9.17) is 14.4 Å². The van der Waals surface area contributed by atoms with Crippen molar-refractivity contribution in [1.29, 1.82) is 5.26 Å². The number of nitrogens with zero attached hydrogens (tertiary/aromatic N) is 1. The van der Waals surface area contributed by atoms with Crippen LogP contribution >= 0.6 is 0 Å². The summed E-state index contributed by atoms with van der Waals surface area (Å²) in [6.45, 7) is 2.19. The minimum absolute atomic E-state index is 0.170. The SMILES string of the molecule is COc1ccc2c(C)c(CCC(=O)NCc3cccc(C#N)c3)c(=O)oc2c1. The van der Waals surface area contributed by atoms with E-state index in [-0.39, 0.29) is 12.3 Å². The van der Waals surface area contributed by atoms with Gasteiger partial charge in [0.2, 0.25) is 5.91 Å². The topological polar surface area (TPSA) is 92.3 Å². The van der Waals surface area contributed by atoms with Crippen LogP contribution in [-0.2, 0) is 17.8 Å². The number of rotatable bonds is 6. The first kappa shape index (κ1) is 19.2. The number of amides is 1. The number of aryl methyl sites for hydroxylation is 1. The molecule has 0 aliphatic heterocycles. The van der Waals surface area contributed by atoms with Gasteiger partial charge in [-0.3, -0.25) is 4.79 Å². The van der Waals surface area contributed by atoms with E-state index in [2.05, 4.69) is 11.4 Å². The smallest absolute Gasteiger partial charge is 0.339 e. The molecule has 142 valence electrons. The maximum absolute atomic E-state index is 12.3. The Kier molecular flexibility index (Phi) is 5.75. The molecular weight excluding hydrogens is 356 g/mol. The van der Waals surface area contributed by atoms with Gasteiger partial charge in [-0.25, -0.2) is 4.79 Å². The van der Waals surface area contributed by atoms with Gasteiger partial charge in [-0.1, -0.05) is 12.1 Å². The molecule has 1 aromatic heterocycles. The molecular formula is C22H20N2O4. The van der Waals surface area contributed by atoms with Crippen LogP contribution in [0.25, 0.3) is 11.0 Å². The Bertz CT molecular complexity index is 1130. The van der Waals surface area contributed by atoms with Crippen molar-refractivity contribution in [2.75, 3.05) is 7.11 Å². The van der Waals surface area contributed by atoms with Crippen molar-refractivity contribution in [3.63, 3.8) is 0 Å². The van der Waals surface area contributed by atoms with Crippen LogP contribution < -0.4 is 15.7 Å². The Balaban J connectivity index is 1.68. The Morgan fingerprint density at radius 2 is 2.07 bits per heavy atom. The van der Waals surface area contributed by atoms with Gasteiger partial charge in [0.05, 0.1) is 18.7 Å². The highest BCUT2D eigenvalue weighted by molar-refractivity contribution is 5.82. The molecule has 3 rings (SSSR count). The van der Waals surface area contributed by atoms with Crippen LogP contribution in [0.3, 0.4) is 0 Å². The summed E-state index contributed by atoms with van der Waals surface area (Å²) in [4.78, 5) is 24.5. The fourth-order valence-corrected chi connectivity index (χ4v) is 3.07. The third-order valence-electron chi connectivity index (χ3n) is 4.64. The van der Waals surface area contributed by atoms with Crippen LogP contribution in [0.15, 0.2) is 51.7 Å². The predicted molar refractivity (Wildman–Crippen MR) is 105 cm³/mol. The van der Waals surface area contributed by atoms with Crippen molar-refractivity contribution < 1.29 is 13.9 Å². The third-order valence-corrected chi connectivity index (χ3v) is 4.64. The fourth-order valence-electron chi connectivity index (χ4n) is 3.07. The number of ether oxygens (including phenoxy) is 1. The molecule has 0 fully saturated rings. The summed E-state index contributed by atoms with van der Waals surface area (Å²) < 4.78 is 10.6. The van der Waals surface area contributed by atoms with Crippen LogP contribution in [0.5, 0.6) is 5.75 Å². The van der Waals surface area contributed by atoms with Crippen molar-refractivity contribution >= 4 is 16.9 Å². The molecule has 0 saturated carbocycles. The third kappa shape index (κ3) is 4.21. The number of benzene rings is 2. The maximum Gasteiger partial charge on any atom is 0.339 e. The molecule has 0 aliphatic rings. The van der Waals surface area contributed by atoms with Crippen molar-refractivity contribution in [2.24, 2.45) is 0 Å². The lowest BCUT2D eigenvalue weighted by Crippen LogP contribution is -2.24. The molecule has 2 aromatic carbocycles. The number of carbonyl (C=O) groups excluding carboxylic acids is 1. The highest BCUT2D eigenvalue weighted by Gasteiger charge is 2.13. The van der Waals surface area contributed by atoms with Gasteiger partial charge in [0.15, 0.2) is 0 Å². The lowest BCUT2D eigenvalue weighted by molar-refractivity contribution is -0.121. The average molecular weight is 376 g/mol. The first-order chi connectivity index (χ1) is 13.5. The van der Waals surface area contributed by atoms with Gasteiger partial charge >= 0.3 is 5.63 Å². The van der Waals surface area contributed by atoms with Crippen molar-refractivity contribution in [3.8, 4) is 11.8 Å². The second-order valence-corrected chi connectivity index (χ2v) is 6.44. The van der Waals surface area contributed by atoms with Gasteiger partial charge in [0.25, 0.3) is 0 Å². The summed E-state index contributed by atoms with van der Waals surface area (Å²) in [5.41, 5.74) is 2.73. The van der Waals surface area contributed by atoms with Crippen LogP contribution in [0.1, 0.15) is 28.7 Å². The summed E-state index contributed by atoms with van der Waals surface area (Å²) >= 11 is 0. The first-order valence-corrected chi connectivity index (χ1v) is 8.88. The molecule has 0 aliphatic carbocycles. The summed E-state index contributed by atoms with van der Waals surface area (Å²) in [5.74, 6) is 0.443. The zero-order valence-corrected chi connectivity index (χ0v) is 15.7. The predicted octanol–water partition coefficient (Wildman–Crippen LogP) is 3.23. The summed E-state index contributed by atoms with van der Waals surface area (Å²) in [6, 6.07) is 14.5. The lowest BCUT2D eigenvalue weighted by atomic mass is 10.0. The van der Waals surface area contributed by atoms with Crippen LogP contribution in [-0.4, -0.2) is 13.0 Å². The Hall–Kier alpha value is -3.59. The molecule has 0 radical (unpaired) electrons. The van der Waals surface area contributed by atoms with Crippen LogP contribution in [0.4, 0.5) is 0 Å². The van der Waals surface area contributed by atoms with Gasteiger partial charge in [0.1, 0.15) is 11.3 Å². The van der Waals surface area contributed by atoms with E-state index in [1.165, 1.54) is 0 Å². The van der Waals surface area contributed by atoms with E-state index in [0.29, 0.717) is 35.4 Å². The van der Waals surface area contributed by atoms with Crippen LogP contribution in [0.2, 0.25) is 0 Å². The standard InChI is InChI=1S/C22H20N2O4/c1-14-18-7-6-17(27-2)11-20(18)28-22(26)19(14)8-9-21(25)24-13-16-5-3-4-15(10-16)12-23/h3-7,10-11H,8-9,13H2,1-2H3,(H,24,25). The van der Waals surface area contributed by atoms with E-state index >= 15 is 0 Å². The number of fused-ring (bicyclic) bond motifs is 1. The highest BCUT2D eigenvalue weighted by atomic mass is 16.5. The number of nitrogens with one attached hydrogen (secondary N) is 1. The lowest BCUT2D eigenvalue weighted by Gasteiger charge is -2.09. The second-order valence-electron chi connectivity index (χ2n) is 6.44. The molecule has 1 N–H and O–H groups in total. The molecule has 6 heteroatoms. The van der Waals surface area contributed by atoms with E-state index < -0.39 is 5.63 Å². The largest absolute Gasteiger partial charge is 0.497 e. The molecule has 1 amide bonds. The average Bonchev–Trinajstić information content (AvgIpc) is 2.71. The Morgan fingerprint density at radius 3 is 2.82 bits per heavy atom.